The minimum Gasteiger partial charge on any atom is -0.489 e. The summed E-state index contributed by atoms with van der Waals surface area (Å²) in [6.45, 7) is 4.71. The summed E-state index contributed by atoms with van der Waals surface area (Å²) in [5.41, 5.74) is 3.09. The van der Waals surface area contributed by atoms with Crippen molar-refractivity contribution < 1.29 is 14.3 Å². The fourth-order valence-corrected chi connectivity index (χ4v) is 3.75. The highest BCUT2D eigenvalue weighted by Gasteiger charge is 2.39. The first-order valence-corrected chi connectivity index (χ1v) is 10.5. The van der Waals surface area contributed by atoms with E-state index in [-0.39, 0.29) is 5.91 Å². The van der Waals surface area contributed by atoms with Crippen molar-refractivity contribution in [1.82, 2.24) is 16.0 Å². The van der Waals surface area contributed by atoms with Crippen LogP contribution in [0.4, 0.5) is 4.79 Å². The maximum Gasteiger partial charge on any atom is 0.319 e. The van der Waals surface area contributed by atoms with E-state index in [9.17, 15) is 9.59 Å². The Morgan fingerprint density at radius 1 is 0.906 bits per heavy atom. The summed E-state index contributed by atoms with van der Waals surface area (Å²) in [6.07, 6.45) is 0. The van der Waals surface area contributed by atoms with Crippen molar-refractivity contribution in [2.75, 3.05) is 0 Å². The van der Waals surface area contributed by atoms with Gasteiger partial charge in [0.25, 0.3) is 0 Å². The number of hydrogen-bond donors (Lipinski definition) is 3. The number of urea groups is 1. The molecule has 1 saturated heterocycles. The number of amides is 3. The summed E-state index contributed by atoms with van der Waals surface area (Å²) in [7, 11) is 0. The van der Waals surface area contributed by atoms with Crippen LogP contribution in [0.5, 0.6) is 5.75 Å². The quantitative estimate of drug-likeness (QED) is 0.532. The molecular formula is C26H25N3O3. The minimum atomic E-state index is -0.696. The van der Waals surface area contributed by atoms with Crippen molar-refractivity contribution in [3.8, 4) is 5.75 Å². The molecule has 0 bridgehead atoms. The molecule has 1 aliphatic heterocycles. The second-order valence-electron chi connectivity index (χ2n) is 7.59. The number of hydrogen-bond acceptors (Lipinski definition) is 3. The monoisotopic (exact) mass is 427 g/mol. The fourth-order valence-electron chi connectivity index (χ4n) is 3.75. The maximum absolute atomic E-state index is 13.2. The molecule has 3 aromatic carbocycles. The van der Waals surface area contributed by atoms with Gasteiger partial charge in [-0.2, -0.15) is 0 Å². The topological polar surface area (TPSA) is 79.5 Å². The molecule has 0 aliphatic carbocycles. The van der Waals surface area contributed by atoms with Crippen LogP contribution in [0, 0.1) is 5.92 Å². The fraction of sp³-hybridized carbons (Fsp3) is 0.154. The Hall–Kier alpha value is -4.06. The SMILES string of the molecule is C=C1NC(=O)N[C@H](c2ccccc2OCc2ccccc2)[C@H]1C(=O)NCc1ccccc1. The van der Waals surface area contributed by atoms with Crippen LogP contribution < -0.4 is 20.7 Å². The van der Waals surface area contributed by atoms with E-state index in [1.165, 1.54) is 0 Å². The zero-order chi connectivity index (χ0) is 22.3. The Balaban J connectivity index is 1.56. The molecule has 0 unspecified atom stereocenters. The van der Waals surface area contributed by atoms with E-state index in [1.54, 1.807) is 0 Å². The smallest absolute Gasteiger partial charge is 0.319 e. The maximum atomic E-state index is 13.2. The van der Waals surface area contributed by atoms with Crippen LogP contribution in [0.25, 0.3) is 0 Å². The van der Waals surface area contributed by atoms with Crippen LogP contribution in [0.3, 0.4) is 0 Å². The van der Waals surface area contributed by atoms with E-state index >= 15 is 0 Å². The number of para-hydroxylation sites is 1. The van der Waals surface area contributed by atoms with Crippen molar-refractivity contribution in [2.24, 2.45) is 5.92 Å². The van der Waals surface area contributed by atoms with Crippen molar-refractivity contribution in [3.05, 3.63) is 114 Å². The predicted octanol–water partition coefficient (Wildman–Crippen LogP) is 4.07. The number of ether oxygens (including phenoxy) is 1. The zero-order valence-corrected chi connectivity index (χ0v) is 17.6. The Labute approximate surface area is 187 Å². The largest absolute Gasteiger partial charge is 0.489 e. The van der Waals surface area contributed by atoms with E-state index in [0.717, 1.165) is 16.7 Å². The molecule has 32 heavy (non-hydrogen) atoms. The molecule has 2 atom stereocenters. The van der Waals surface area contributed by atoms with Gasteiger partial charge in [-0.05, 0) is 17.2 Å². The summed E-state index contributed by atoms with van der Waals surface area (Å²) in [5.74, 6) is -0.315. The van der Waals surface area contributed by atoms with Gasteiger partial charge in [0.05, 0.1) is 6.04 Å². The van der Waals surface area contributed by atoms with Crippen LogP contribution in [-0.4, -0.2) is 11.9 Å². The first-order chi connectivity index (χ1) is 15.6. The van der Waals surface area contributed by atoms with Crippen molar-refractivity contribution in [2.45, 2.75) is 19.2 Å². The summed E-state index contributed by atoms with van der Waals surface area (Å²) in [6, 6.07) is 25.9. The average molecular weight is 428 g/mol. The molecule has 1 aliphatic rings. The standard InChI is InChI=1S/C26H25N3O3/c1-18-23(25(30)27-16-19-10-4-2-5-11-19)24(29-26(31)28-18)21-14-8-9-15-22(21)32-17-20-12-6-3-7-13-20/h2-15,23-24H,1,16-17H2,(H,27,30)(H2,28,29,31)/t23-,24+/m0/s1. The normalized spacial score (nSPS) is 17.8. The van der Waals surface area contributed by atoms with Gasteiger partial charge >= 0.3 is 6.03 Å². The van der Waals surface area contributed by atoms with E-state index in [2.05, 4.69) is 22.5 Å². The molecular weight excluding hydrogens is 402 g/mol. The molecule has 3 N–H and O–H groups in total. The third kappa shape index (κ3) is 4.98. The lowest BCUT2D eigenvalue weighted by Crippen LogP contribution is -2.53. The van der Waals surface area contributed by atoms with Crippen LogP contribution in [0.15, 0.2) is 97.2 Å². The molecule has 0 aromatic heterocycles. The number of carbonyl (C=O) groups is 2. The van der Waals surface area contributed by atoms with Crippen LogP contribution in [0.1, 0.15) is 22.7 Å². The number of rotatable bonds is 7. The molecule has 3 aromatic rings. The van der Waals surface area contributed by atoms with E-state index in [1.807, 2.05) is 84.9 Å². The summed E-state index contributed by atoms with van der Waals surface area (Å²) in [5, 5.41) is 8.48. The molecule has 6 nitrogen and oxygen atoms in total. The summed E-state index contributed by atoms with van der Waals surface area (Å²) >= 11 is 0. The third-order valence-corrected chi connectivity index (χ3v) is 5.35. The highest BCUT2D eigenvalue weighted by atomic mass is 16.5. The molecule has 1 heterocycles. The van der Waals surface area contributed by atoms with Gasteiger partial charge in [-0.15, -0.1) is 0 Å². The van der Waals surface area contributed by atoms with Gasteiger partial charge in [-0.1, -0.05) is 85.4 Å². The van der Waals surface area contributed by atoms with E-state index in [0.29, 0.717) is 24.6 Å². The van der Waals surface area contributed by atoms with Crippen molar-refractivity contribution in [1.29, 1.82) is 0 Å². The molecule has 3 amide bonds. The molecule has 162 valence electrons. The van der Waals surface area contributed by atoms with E-state index < -0.39 is 18.0 Å². The van der Waals surface area contributed by atoms with Crippen LogP contribution >= 0.6 is 0 Å². The average Bonchev–Trinajstić information content (AvgIpc) is 2.82. The molecule has 6 heteroatoms. The van der Waals surface area contributed by atoms with Gasteiger partial charge in [-0.3, -0.25) is 4.79 Å². The van der Waals surface area contributed by atoms with Gasteiger partial charge in [0.2, 0.25) is 5.91 Å². The second-order valence-corrected chi connectivity index (χ2v) is 7.59. The first-order valence-electron chi connectivity index (χ1n) is 10.5. The summed E-state index contributed by atoms with van der Waals surface area (Å²) < 4.78 is 6.07. The Morgan fingerprint density at radius 2 is 1.53 bits per heavy atom. The van der Waals surface area contributed by atoms with E-state index in [4.69, 9.17) is 4.74 Å². The molecule has 0 saturated carbocycles. The highest BCUT2D eigenvalue weighted by molar-refractivity contribution is 5.88. The van der Waals surface area contributed by atoms with Gasteiger partial charge < -0.3 is 20.7 Å². The Morgan fingerprint density at radius 3 is 2.25 bits per heavy atom. The molecule has 0 spiro atoms. The van der Waals surface area contributed by atoms with Gasteiger partial charge in [0.1, 0.15) is 18.3 Å². The lowest BCUT2D eigenvalue weighted by Gasteiger charge is -2.34. The molecule has 4 rings (SSSR count). The number of carbonyl (C=O) groups excluding carboxylic acids is 2. The number of benzene rings is 3. The van der Waals surface area contributed by atoms with Crippen molar-refractivity contribution in [3.63, 3.8) is 0 Å². The molecule has 1 fully saturated rings. The summed E-state index contributed by atoms with van der Waals surface area (Å²) in [4.78, 5) is 25.4. The van der Waals surface area contributed by atoms with Crippen molar-refractivity contribution >= 4 is 11.9 Å². The van der Waals surface area contributed by atoms with Crippen LogP contribution in [-0.2, 0) is 17.9 Å². The zero-order valence-electron chi connectivity index (χ0n) is 17.6. The minimum absolute atomic E-state index is 0.228. The predicted molar refractivity (Wildman–Crippen MR) is 123 cm³/mol. The number of nitrogens with one attached hydrogen (secondary N) is 3. The lowest BCUT2D eigenvalue weighted by molar-refractivity contribution is -0.125. The Kier molecular flexibility index (Phi) is 6.51. The third-order valence-electron chi connectivity index (χ3n) is 5.35. The van der Waals surface area contributed by atoms with Gasteiger partial charge in [0, 0.05) is 17.8 Å². The lowest BCUT2D eigenvalue weighted by atomic mass is 9.87. The second kappa shape index (κ2) is 9.83. The Bertz CT molecular complexity index is 1100. The first kappa shape index (κ1) is 21.2. The van der Waals surface area contributed by atoms with Gasteiger partial charge in [-0.25, -0.2) is 4.79 Å². The highest BCUT2D eigenvalue weighted by Crippen LogP contribution is 2.35. The van der Waals surface area contributed by atoms with Crippen LogP contribution in [0.2, 0.25) is 0 Å². The molecule has 0 radical (unpaired) electrons. The van der Waals surface area contributed by atoms with Gasteiger partial charge in [0.15, 0.2) is 0 Å².